The van der Waals surface area contributed by atoms with Gasteiger partial charge in [0.25, 0.3) is 0 Å². The van der Waals surface area contributed by atoms with Crippen molar-refractivity contribution in [3.8, 4) is 0 Å². The molecule has 4 rings (SSSR count). The first-order chi connectivity index (χ1) is 15.0. The van der Waals surface area contributed by atoms with Crippen molar-refractivity contribution in [3.63, 3.8) is 0 Å². The van der Waals surface area contributed by atoms with E-state index in [0.29, 0.717) is 5.54 Å². The summed E-state index contributed by atoms with van der Waals surface area (Å²) in [5.41, 5.74) is 0.504. The molecule has 0 aliphatic carbocycles. The van der Waals surface area contributed by atoms with Crippen molar-refractivity contribution in [2.45, 2.75) is 25.6 Å². The van der Waals surface area contributed by atoms with Gasteiger partial charge in [-0.25, -0.2) is 0 Å². The molecule has 0 heterocycles. The average Bonchev–Trinajstić information content (AvgIpc) is 2.84. The summed E-state index contributed by atoms with van der Waals surface area (Å²) >= 11 is 0. The second-order valence-electron chi connectivity index (χ2n) is 8.75. The summed E-state index contributed by atoms with van der Waals surface area (Å²) in [6.45, 7) is 5.56. The maximum Gasteiger partial charge on any atom is 0.0871 e. The Kier molecular flexibility index (Phi) is 6.46. The lowest BCUT2D eigenvalue weighted by Crippen LogP contribution is -2.46. The molecule has 0 aromatic heterocycles. The van der Waals surface area contributed by atoms with Crippen LogP contribution >= 0.6 is 6.89 Å². The van der Waals surface area contributed by atoms with E-state index in [0.717, 1.165) is 0 Å². The third kappa shape index (κ3) is 4.26. The third-order valence-corrected chi connectivity index (χ3v) is 15.4. The Hall–Kier alpha value is -2.60. The Labute approximate surface area is 188 Å². The highest BCUT2D eigenvalue weighted by molar-refractivity contribution is 7.94. The molecule has 0 aliphatic heterocycles. The van der Waals surface area contributed by atoms with E-state index < -0.39 is 15.0 Å². The molecule has 2 heteroatoms. The van der Waals surface area contributed by atoms with Gasteiger partial charge in [-0.15, -0.1) is 0 Å². The number of hydrogen-bond donors (Lipinski definition) is 0. The van der Waals surface area contributed by atoms with Crippen molar-refractivity contribution in [2.24, 2.45) is 0 Å². The minimum atomic E-state index is -1.92. The van der Waals surface area contributed by atoms with E-state index in [1.807, 2.05) is 0 Å². The predicted octanol–water partition coefficient (Wildman–Crippen LogP) is 5.79. The zero-order chi connectivity index (χ0) is 21.7. The summed E-state index contributed by atoms with van der Waals surface area (Å²) in [6, 6.07) is 44.6. The zero-order valence-electron chi connectivity index (χ0n) is 18.6. The summed E-state index contributed by atoms with van der Waals surface area (Å²) in [5, 5.41) is 5.80. The van der Waals surface area contributed by atoms with Crippen LogP contribution in [0.5, 0.6) is 0 Å². The number of rotatable bonds is 6. The molecular formula is C29H31PSi. The Morgan fingerprint density at radius 2 is 0.871 bits per heavy atom. The van der Waals surface area contributed by atoms with E-state index in [9.17, 15) is 0 Å². The first kappa shape index (κ1) is 21.6. The highest BCUT2D eigenvalue weighted by Crippen LogP contribution is 2.46. The fourth-order valence-electron chi connectivity index (χ4n) is 4.35. The zero-order valence-corrected chi connectivity index (χ0v) is 20.5. The minimum Gasteiger partial charge on any atom is -0.0737 e. The smallest absolute Gasteiger partial charge is 0.0737 e. The Morgan fingerprint density at radius 3 is 1.23 bits per heavy atom. The first-order valence-corrected chi connectivity index (χ1v) is 16.0. The maximum atomic E-state index is 2.74. The fourth-order valence-corrected chi connectivity index (χ4v) is 12.1. The first-order valence-electron chi connectivity index (χ1n) is 11.0. The van der Waals surface area contributed by atoms with Gasteiger partial charge in [-0.05, 0) is 28.3 Å². The molecular weight excluding hydrogens is 407 g/mol. The van der Waals surface area contributed by atoms with Gasteiger partial charge in [0.15, 0.2) is 0 Å². The van der Waals surface area contributed by atoms with E-state index in [4.69, 9.17) is 0 Å². The molecule has 0 spiro atoms. The van der Waals surface area contributed by atoms with E-state index in [2.05, 4.69) is 147 Å². The van der Waals surface area contributed by atoms with Crippen molar-refractivity contribution in [1.82, 2.24) is 0 Å². The van der Waals surface area contributed by atoms with Gasteiger partial charge in [-0.3, -0.25) is 0 Å². The monoisotopic (exact) mass is 438 g/mol. The van der Waals surface area contributed by atoms with Gasteiger partial charge in [0.2, 0.25) is 0 Å². The Morgan fingerprint density at radius 1 is 0.548 bits per heavy atom. The second-order valence-corrected chi connectivity index (χ2v) is 17.0. The lowest BCUT2D eigenvalue weighted by molar-refractivity contribution is 1.24. The molecule has 0 aliphatic rings. The standard InChI is InChI=1S/C29H31PSi/c1-25(31(2,3)29-22-14-7-15-23-29)24-30(26-16-8-4-9-17-26,27-18-10-5-11-19-27)28-20-12-6-13-21-28/h4-25H,1-3H3. The van der Waals surface area contributed by atoms with Crippen molar-refractivity contribution in [1.29, 1.82) is 0 Å². The van der Waals surface area contributed by atoms with Crippen molar-refractivity contribution < 1.29 is 0 Å². The van der Waals surface area contributed by atoms with Crippen LogP contribution in [0, 0.1) is 0 Å². The van der Waals surface area contributed by atoms with Crippen LogP contribution in [0.4, 0.5) is 0 Å². The molecule has 31 heavy (non-hydrogen) atoms. The molecule has 0 nitrogen and oxygen atoms in total. The second kappa shape index (κ2) is 9.26. The summed E-state index contributed by atoms with van der Waals surface area (Å²) < 4.78 is 0. The molecule has 0 amide bonds. The molecule has 0 fully saturated rings. The molecule has 0 saturated carbocycles. The fraction of sp³-hybridized carbons (Fsp3) is 0.138. The van der Waals surface area contributed by atoms with Gasteiger partial charge in [0.05, 0.1) is 8.07 Å². The van der Waals surface area contributed by atoms with Gasteiger partial charge in [-0.1, -0.05) is 152 Å². The average molecular weight is 439 g/mol. The Bertz CT molecular complexity index is 1050. The maximum absolute atomic E-state index is 2.74. The van der Waals surface area contributed by atoms with Crippen LogP contribution in [0.3, 0.4) is 0 Å². The lowest BCUT2D eigenvalue weighted by atomic mass is 10.4. The summed E-state index contributed by atoms with van der Waals surface area (Å²) in [4.78, 5) is 0. The molecule has 156 valence electrons. The quantitative estimate of drug-likeness (QED) is 0.264. The molecule has 0 saturated heterocycles. The normalized spacial score (nSPS) is 12.9. The molecule has 0 radical (unpaired) electrons. The van der Waals surface area contributed by atoms with Crippen LogP contribution in [-0.2, 0) is 0 Å². The highest BCUT2D eigenvalue weighted by atomic mass is 31.2. The molecule has 4 aromatic carbocycles. The van der Waals surface area contributed by atoms with Crippen molar-refractivity contribution in [3.05, 3.63) is 121 Å². The minimum absolute atomic E-state index is 0.504. The largest absolute Gasteiger partial charge is 0.0871 e. The highest BCUT2D eigenvalue weighted by Gasteiger charge is 2.33. The number of hydrogen-bond acceptors (Lipinski definition) is 0. The topological polar surface area (TPSA) is 0 Å². The van der Waals surface area contributed by atoms with Gasteiger partial charge in [0.1, 0.15) is 0 Å². The van der Waals surface area contributed by atoms with Gasteiger partial charge in [-0.2, -0.15) is 0 Å². The molecule has 1 atom stereocenters. The van der Waals surface area contributed by atoms with Crippen LogP contribution < -0.4 is 21.1 Å². The van der Waals surface area contributed by atoms with E-state index in [1.54, 1.807) is 0 Å². The van der Waals surface area contributed by atoms with E-state index in [-0.39, 0.29) is 0 Å². The van der Waals surface area contributed by atoms with Gasteiger partial charge < -0.3 is 0 Å². The lowest BCUT2D eigenvalue weighted by Gasteiger charge is -2.35. The molecule has 4 aromatic rings. The van der Waals surface area contributed by atoms with E-state index >= 15 is 0 Å². The predicted molar refractivity (Wildman–Crippen MR) is 144 cm³/mol. The van der Waals surface area contributed by atoms with Crippen LogP contribution in [0.2, 0.25) is 18.6 Å². The van der Waals surface area contributed by atoms with Crippen LogP contribution in [0.25, 0.3) is 0 Å². The summed E-state index contributed by atoms with van der Waals surface area (Å²) in [6.07, 6.45) is 0. The third-order valence-electron chi connectivity index (χ3n) is 6.59. The van der Waals surface area contributed by atoms with Crippen LogP contribution in [0.15, 0.2) is 121 Å². The molecule has 1 unspecified atom stereocenters. The van der Waals surface area contributed by atoms with Gasteiger partial charge in [0, 0.05) is 0 Å². The van der Waals surface area contributed by atoms with Gasteiger partial charge >= 0.3 is 0 Å². The Balaban J connectivity index is 2.03. The number of benzene rings is 4. The van der Waals surface area contributed by atoms with E-state index in [1.165, 1.54) is 21.1 Å². The summed E-state index contributed by atoms with van der Waals surface area (Å²) in [5.74, 6) is 2.74. The van der Waals surface area contributed by atoms with Crippen molar-refractivity contribution >= 4 is 41.9 Å². The van der Waals surface area contributed by atoms with Crippen LogP contribution in [0.1, 0.15) is 6.92 Å². The SMILES string of the molecule is CC(C=P(c1ccccc1)(c1ccccc1)c1ccccc1)[Si](C)(C)c1ccccc1. The summed E-state index contributed by atoms with van der Waals surface area (Å²) in [7, 11) is -1.72. The van der Waals surface area contributed by atoms with Crippen molar-refractivity contribution in [2.75, 3.05) is 0 Å². The molecule has 0 N–H and O–H groups in total. The van der Waals surface area contributed by atoms with Crippen LogP contribution in [-0.4, -0.2) is 13.9 Å². The molecule has 0 bridgehead atoms.